The normalized spacial score (nSPS) is 18.6. The molecule has 0 radical (unpaired) electrons. The van der Waals surface area contributed by atoms with Gasteiger partial charge in [0.1, 0.15) is 5.75 Å². The number of nitrogens with zero attached hydrogens (tertiary/aromatic N) is 1. The van der Waals surface area contributed by atoms with Crippen molar-refractivity contribution >= 4 is 46.4 Å². The van der Waals surface area contributed by atoms with Gasteiger partial charge in [-0.25, -0.2) is 0 Å². The van der Waals surface area contributed by atoms with Gasteiger partial charge in [0.15, 0.2) is 11.8 Å². The Morgan fingerprint density at radius 3 is 2.67 bits per heavy atom. The largest absolute Gasteiger partial charge is 0.484 e. The lowest BCUT2D eigenvalue weighted by Crippen LogP contribution is -2.31. The van der Waals surface area contributed by atoms with Gasteiger partial charge in [-0.15, -0.1) is 23.5 Å². The van der Waals surface area contributed by atoms with Gasteiger partial charge in [-0.05, 0) is 17.7 Å². The fourth-order valence-electron chi connectivity index (χ4n) is 1.99. The van der Waals surface area contributed by atoms with Crippen LogP contribution in [0.25, 0.3) is 0 Å². The Hall–Kier alpha value is -0.790. The average molecular weight is 340 g/mol. The first kappa shape index (κ1) is 15.1. The van der Waals surface area contributed by atoms with Crippen LogP contribution in [0.3, 0.4) is 0 Å². The summed E-state index contributed by atoms with van der Waals surface area (Å²) in [4.78, 5) is 15.9. The minimum Gasteiger partial charge on any atom is -0.484 e. The minimum absolute atomic E-state index is 0.0197. The second kappa shape index (κ2) is 7.47. The van der Waals surface area contributed by atoms with Gasteiger partial charge in [0.25, 0.3) is 5.91 Å². The summed E-state index contributed by atoms with van der Waals surface area (Å²) < 4.78 is 6.05. The molecule has 0 unspecified atom stereocenters. The highest BCUT2D eigenvalue weighted by Crippen LogP contribution is 2.45. The van der Waals surface area contributed by atoms with Crippen LogP contribution in [-0.4, -0.2) is 41.5 Å². The molecule has 1 aromatic rings. The van der Waals surface area contributed by atoms with E-state index in [2.05, 4.69) is 22.4 Å². The molecule has 112 valence electrons. The first-order valence-electron chi connectivity index (χ1n) is 6.74. The van der Waals surface area contributed by atoms with Gasteiger partial charge >= 0.3 is 0 Å². The van der Waals surface area contributed by atoms with Crippen LogP contribution in [0.15, 0.2) is 29.3 Å². The molecule has 1 saturated heterocycles. The van der Waals surface area contributed by atoms with Crippen LogP contribution >= 0.6 is 35.3 Å². The highest BCUT2D eigenvalue weighted by Gasteiger charge is 2.18. The van der Waals surface area contributed by atoms with E-state index in [0.717, 1.165) is 18.0 Å². The third-order valence-corrected chi connectivity index (χ3v) is 6.97. The van der Waals surface area contributed by atoms with Crippen LogP contribution in [0.4, 0.5) is 0 Å². The Labute approximate surface area is 136 Å². The van der Waals surface area contributed by atoms with E-state index in [1.807, 2.05) is 35.7 Å². The molecule has 2 aliphatic heterocycles. The van der Waals surface area contributed by atoms with Crippen molar-refractivity contribution in [3.8, 4) is 5.75 Å². The van der Waals surface area contributed by atoms with Crippen molar-refractivity contribution in [3.05, 3.63) is 29.8 Å². The number of thioether (sulfide) groups is 3. The summed E-state index contributed by atoms with van der Waals surface area (Å²) in [5, 5.41) is 3.45. The average Bonchev–Trinajstić information content (AvgIpc) is 3.19. The molecule has 1 aromatic carbocycles. The second-order valence-electron chi connectivity index (χ2n) is 4.51. The van der Waals surface area contributed by atoms with Gasteiger partial charge in [0, 0.05) is 17.3 Å². The topological polar surface area (TPSA) is 50.7 Å². The minimum atomic E-state index is -0.158. The smallest absolute Gasteiger partial charge is 0.263 e. The third-order valence-electron chi connectivity index (χ3n) is 2.98. The predicted octanol–water partition coefficient (Wildman–Crippen LogP) is 2.76. The summed E-state index contributed by atoms with van der Waals surface area (Å²) in [5.74, 6) is 3.94. The van der Waals surface area contributed by atoms with Gasteiger partial charge < -0.3 is 10.1 Å². The standard InChI is InChI=1S/C14H16N2O2S3/c17-12(16-14-15-5-6-21-14)9-18-11-3-1-10(2-4-11)13-19-7-8-20-13/h1-4,13H,5-9H2,(H,15,16,17). The molecule has 0 atom stereocenters. The molecule has 0 spiro atoms. The molecule has 2 heterocycles. The van der Waals surface area contributed by atoms with Crippen molar-refractivity contribution < 1.29 is 9.53 Å². The highest BCUT2D eigenvalue weighted by molar-refractivity contribution is 8.19. The molecule has 1 fully saturated rings. The maximum Gasteiger partial charge on any atom is 0.263 e. The maximum absolute atomic E-state index is 11.7. The fraction of sp³-hybridized carbons (Fsp3) is 0.429. The summed E-state index contributed by atoms with van der Waals surface area (Å²) in [7, 11) is 0. The quantitative estimate of drug-likeness (QED) is 0.913. The van der Waals surface area contributed by atoms with Gasteiger partial charge in [-0.3, -0.25) is 9.79 Å². The van der Waals surface area contributed by atoms with Gasteiger partial charge in [-0.1, -0.05) is 23.9 Å². The van der Waals surface area contributed by atoms with Crippen molar-refractivity contribution in [1.29, 1.82) is 0 Å². The second-order valence-corrected chi connectivity index (χ2v) is 8.32. The molecular formula is C14H16N2O2S3. The number of carbonyl (C=O) groups excluding carboxylic acids is 1. The summed E-state index contributed by atoms with van der Waals surface area (Å²) in [6.45, 7) is 0.797. The van der Waals surface area contributed by atoms with Crippen molar-refractivity contribution in [3.63, 3.8) is 0 Å². The highest BCUT2D eigenvalue weighted by atomic mass is 32.2. The molecule has 0 aliphatic carbocycles. The first-order valence-corrected chi connectivity index (χ1v) is 9.83. The SMILES string of the molecule is O=C(COc1ccc(C2SCCS2)cc1)NC1=NCCS1. The number of nitrogens with one attached hydrogen (secondary N) is 1. The van der Waals surface area contributed by atoms with Crippen LogP contribution in [0, 0.1) is 0 Å². The van der Waals surface area contributed by atoms with Gasteiger partial charge in [0.05, 0.1) is 11.1 Å². The zero-order chi connectivity index (χ0) is 14.5. The predicted molar refractivity (Wildman–Crippen MR) is 92.5 cm³/mol. The monoisotopic (exact) mass is 340 g/mol. The van der Waals surface area contributed by atoms with Crippen molar-refractivity contribution in [2.24, 2.45) is 4.99 Å². The van der Waals surface area contributed by atoms with Crippen molar-refractivity contribution in [2.45, 2.75) is 4.58 Å². The Morgan fingerprint density at radius 2 is 2.00 bits per heavy atom. The molecular weight excluding hydrogens is 324 g/mol. The van der Waals surface area contributed by atoms with Crippen molar-refractivity contribution in [2.75, 3.05) is 30.4 Å². The fourth-order valence-corrected chi connectivity index (χ4v) is 5.59. The molecule has 21 heavy (non-hydrogen) atoms. The third kappa shape index (κ3) is 4.34. The Morgan fingerprint density at radius 1 is 1.24 bits per heavy atom. The molecule has 7 heteroatoms. The molecule has 0 bridgehead atoms. The van der Waals surface area contributed by atoms with E-state index in [0.29, 0.717) is 9.75 Å². The number of benzene rings is 1. The number of amides is 1. The number of carbonyl (C=O) groups is 1. The molecule has 0 aromatic heterocycles. The first-order chi connectivity index (χ1) is 10.3. The lowest BCUT2D eigenvalue weighted by atomic mass is 10.2. The molecule has 0 saturated carbocycles. The Balaban J connectivity index is 1.47. The number of hydrogen-bond acceptors (Lipinski definition) is 6. The summed E-state index contributed by atoms with van der Waals surface area (Å²) in [5.41, 5.74) is 1.32. The zero-order valence-corrected chi connectivity index (χ0v) is 13.9. The molecule has 1 N–H and O–H groups in total. The maximum atomic E-state index is 11.7. The van der Waals surface area contributed by atoms with E-state index in [1.54, 1.807) is 11.8 Å². The lowest BCUT2D eigenvalue weighted by molar-refractivity contribution is -0.121. The van der Waals surface area contributed by atoms with E-state index in [1.165, 1.54) is 17.1 Å². The van der Waals surface area contributed by atoms with E-state index in [4.69, 9.17) is 4.74 Å². The lowest BCUT2D eigenvalue weighted by Gasteiger charge is -2.10. The molecule has 4 nitrogen and oxygen atoms in total. The Bertz CT molecular complexity index is 528. The summed E-state index contributed by atoms with van der Waals surface area (Å²) in [6.07, 6.45) is 0. The van der Waals surface area contributed by atoms with E-state index in [9.17, 15) is 4.79 Å². The van der Waals surface area contributed by atoms with Gasteiger partial charge in [-0.2, -0.15) is 0 Å². The summed E-state index contributed by atoms with van der Waals surface area (Å²) in [6, 6.07) is 8.04. The number of rotatable bonds is 4. The number of amidine groups is 1. The molecule has 3 rings (SSSR count). The number of aliphatic imine (C=N–C) groups is 1. The summed E-state index contributed by atoms with van der Waals surface area (Å²) >= 11 is 5.53. The van der Waals surface area contributed by atoms with Crippen LogP contribution in [-0.2, 0) is 4.79 Å². The van der Waals surface area contributed by atoms with Crippen molar-refractivity contribution in [1.82, 2.24) is 5.32 Å². The van der Waals surface area contributed by atoms with Crippen LogP contribution in [0.5, 0.6) is 5.75 Å². The van der Waals surface area contributed by atoms with E-state index in [-0.39, 0.29) is 12.5 Å². The van der Waals surface area contributed by atoms with Gasteiger partial charge in [0.2, 0.25) is 0 Å². The van der Waals surface area contributed by atoms with Crippen LogP contribution < -0.4 is 10.1 Å². The van der Waals surface area contributed by atoms with E-state index >= 15 is 0 Å². The van der Waals surface area contributed by atoms with Crippen LogP contribution in [0.1, 0.15) is 10.1 Å². The van der Waals surface area contributed by atoms with E-state index < -0.39 is 0 Å². The molecule has 1 amide bonds. The van der Waals surface area contributed by atoms with Crippen LogP contribution in [0.2, 0.25) is 0 Å². The Kier molecular flexibility index (Phi) is 5.38. The zero-order valence-electron chi connectivity index (χ0n) is 11.4. The molecule has 2 aliphatic rings. The number of ether oxygens (including phenoxy) is 1. The number of hydrogen-bond donors (Lipinski definition) is 1.